The van der Waals surface area contributed by atoms with E-state index in [1.54, 1.807) is 6.33 Å². The molecule has 0 spiro atoms. The van der Waals surface area contributed by atoms with Crippen molar-refractivity contribution in [1.29, 1.82) is 0 Å². The van der Waals surface area contributed by atoms with Gasteiger partial charge in [-0.1, -0.05) is 13.8 Å². The molecule has 0 atom stereocenters. The number of rotatable bonds is 6. The summed E-state index contributed by atoms with van der Waals surface area (Å²) in [5.74, 6) is 0. The maximum atomic E-state index is 10.0. The van der Waals surface area contributed by atoms with Crippen LogP contribution in [0, 0.1) is 6.92 Å². The fourth-order valence-electron chi connectivity index (χ4n) is 1.48. The monoisotopic (exact) mass is 211 g/mol. The van der Waals surface area contributed by atoms with Gasteiger partial charge in [0.05, 0.1) is 17.6 Å². The van der Waals surface area contributed by atoms with Crippen LogP contribution in [-0.4, -0.2) is 27.2 Å². The molecule has 0 bridgehead atoms. The summed E-state index contributed by atoms with van der Waals surface area (Å²) in [5, 5.41) is 13.3. The summed E-state index contributed by atoms with van der Waals surface area (Å²) >= 11 is 0. The molecule has 4 nitrogen and oxygen atoms in total. The van der Waals surface area contributed by atoms with Crippen molar-refractivity contribution in [2.45, 2.75) is 45.8 Å². The SMILES string of the molecule is CCC(O)(CC)CNCc1nc[nH]c1C. The van der Waals surface area contributed by atoms with Gasteiger partial charge in [0.2, 0.25) is 0 Å². The van der Waals surface area contributed by atoms with Gasteiger partial charge < -0.3 is 15.4 Å². The van der Waals surface area contributed by atoms with Crippen LogP contribution >= 0.6 is 0 Å². The maximum Gasteiger partial charge on any atom is 0.0925 e. The fraction of sp³-hybridized carbons (Fsp3) is 0.727. The van der Waals surface area contributed by atoms with Crippen LogP contribution in [-0.2, 0) is 6.54 Å². The molecule has 0 saturated heterocycles. The Morgan fingerprint density at radius 1 is 1.47 bits per heavy atom. The van der Waals surface area contributed by atoms with Crippen molar-refractivity contribution >= 4 is 0 Å². The number of H-pyrrole nitrogens is 1. The van der Waals surface area contributed by atoms with E-state index in [0.717, 1.165) is 24.2 Å². The van der Waals surface area contributed by atoms with Gasteiger partial charge in [0.15, 0.2) is 0 Å². The van der Waals surface area contributed by atoms with E-state index >= 15 is 0 Å². The number of nitrogens with zero attached hydrogens (tertiary/aromatic N) is 1. The lowest BCUT2D eigenvalue weighted by Crippen LogP contribution is -2.39. The van der Waals surface area contributed by atoms with Crippen LogP contribution in [0.3, 0.4) is 0 Å². The second kappa shape index (κ2) is 5.28. The largest absolute Gasteiger partial charge is 0.389 e. The number of nitrogens with one attached hydrogen (secondary N) is 2. The van der Waals surface area contributed by atoms with E-state index in [9.17, 15) is 5.11 Å². The molecule has 0 saturated carbocycles. The molecule has 0 radical (unpaired) electrons. The summed E-state index contributed by atoms with van der Waals surface area (Å²) in [6, 6.07) is 0. The summed E-state index contributed by atoms with van der Waals surface area (Å²) in [6.07, 6.45) is 3.24. The average Bonchev–Trinajstić information content (AvgIpc) is 2.64. The first-order valence-corrected chi connectivity index (χ1v) is 5.53. The number of aromatic amines is 1. The quantitative estimate of drug-likeness (QED) is 0.666. The van der Waals surface area contributed by atoms with Crippen molar-refractivity contribution in [2.75, 3.05) is 6.54 Å². The van der Waals surface area contributed by atoms with E-state index in [-0.39, 0.29) is 0 Å². The Hall–Kier alpha value is -0.870. The van der Waals surface area contributed by atoms with Gasteiger partial charge >= 0.3 is 0 Å². The van der Waals surface area contributed by atoms with Crippen molar-refractivity contribution in [3.8, 4) is 0 Å². The number of hydrogen-bond acceptors (Lipinski definition) is 3. The number of aliphatic hydroxyl groups is 1. The Morgan fingerprint density at radius 2 is 2.13 bits per heavy atom. The Labute approximate surface area is 91.1 Å². The Balaban J connectivity index is 2.36. The van der Waals surface area contributed by atoms with Gasteiger partial charge in [0.1, 0.15) is 0 Å². The summed E-state index contributed by atoms with van der Waals surface area (Å²) in [5.41, 5.74) is 1.52. The standard InChI is InChI=1S/C11H21N3O/c1-4-11(15,5-2)7-12-6-10-9(3)13-8-14-10/h8,12,15H,4-7H2,1-3H3,(H,13,14). The number of imidazole rings is 1. The first-order chi connectivity index (χ1) is 7.11. The molecular formula is C11H21N3O. The van der Waals surface area contributed by atoms with E-state index in [2.05, 4.69) is 15.3 Å². The molecule has 1 rings (SSSR count). The molecule has 0 aromatic carbocycles. The van der Waals surface area contributed by atoms with E-state index in [1.807, 2.05) is 20.8 Å². The van der Waals surface area contributed by atoms with Gasteiger partial charge in [-0.2, -0.15) is 0 Å². The highest BCUT2D eigenvalue weighted by Gasteiger charge is 2.21. The molecule has 3 N–H and O–H groups in total. The number of hydrogen-bond donors (Lipinski definition) is 3. The molecule has 15 heavy (non-hydrogen) atoms. The predicted octanol–water partition coefficient (Wildman–Crippen LogP) is 1.36. The summed E-state index contributed by atoms with van der Waals surface area (Å²) in [4.78, 5) is 7.22. The molecule has 1 aromatic rings. The predicted molar refractivity (Wildman–Crippen MR) is 60.6 cm³/mol. The topological polar surface area (TPSA) is 60.9 Å². The lowest BCUT2D eigenvalue weighted by atomic mass is 9.98. The minimum Gasteiger partial charge on any atom is -0.389 e. The first kappa shape index (κ1) is 12.2. The van der Waals surface area contributed by atoms with Crippen LogP contribution in [0.5, 0.6) is 0 Å². The molecule has 0 unspecified atom stereocenters. The Morgan fingerprint density at radius 3 is 2.60 bits per heavy atom. The zero-order chi connectivity index (χ0) is 11.3. The first-order valence-electron chi connectivity index (χ1n) is 5.53. The molecule has 0 fully saturated rings. The van der Waals surface area contributed by atoms with Gasteiger partial charge in [0, 0.05) is 18.8 Å². The number of aryl methyl sites for hydroxylation is 1. The molecule has 4 heteroatoms. The highest BCUT2D eigenvalue weighted by molar-refractivity contribution is 5.08. The summed E-state index contributed by atoms with van der Waals surface area (Å²) in [7, 11) is 0. The summed E-state index contributed by atoms with van der Waals surface area (Å²) < 4.78 is 0. The van der Waals surface area contributed by atoms with Crippen LogP contribution in [0.4, 0.5) is 0 Å². The molecule has 0 aliphatic heterocycles. The molecule has 1 heterocycles. The summed E-state index contributed by atoms with van der Waals surface area (Å²) in [6.45, 7) is 7.33. The third kappa shape index (κ3) is 3.32. The van der Waals surface area contributed by atoms with Crippen LogP contribution in [0.1, 0.15) is 38.1 Å². The minimum absolute atomic E-state index is 0.579. The van der Waals surface area contributed by atoms with Gasteiger partial charge in [-0.05, 0) is 19.8 Å². The maximum absolute atomic E-state index is 10.0. The molecule has 86 valence electrons. The van der Waals surface area contributed by atoms with Crippen molar-refractivity contribution in [3.63, 3.8) is 0 Å². The second-order valence-corrected chi connectivity index (χ2v) is 4.01. The smallest absolute Gasteiger partial charge is 0.0925 e. The van der Waals surface area contributed by atoms with Gasteiger partial charge in [-0.3, -0.25) is 0 Å². The fourth-order valence-corrected chi connectivity index (χ4v) is 1.48. The lowest BCUT2D eigenvalue weighted by Gasteiger charge is -2.25. The lowest BCUT2D eigenvalue weighted by molar-refractivity contribution is 0.0322. The van der Waals surface area contributed by atoms with E-state index in [0.29, 0.717) is 13.1 Å². The Kier molecular flexibility index (Phi) is 4.29. The van der Waals surface area contributed by atoms with Crippen molar-refractivity contribution in [1.82, 2.24) is 15.3 Å². The van der Waals surface area contributed by atoms with E-state index in [4.69, 9.17) is 0 Å². The van der Waals surface area contributed by atoms with Gasteiger partial charge in [-0.25, -0.2) is 4.98 Å². The van der Waals surface area contributed by atoms with Crippen molar-refractivity contribution < 1.29 is 5.11 Å². The third-order valence-electron chi connectivity index (χ3n) is 3.00. The molecule has 0 aliphatic carbocycles. The van der Waals surface area contributed by atoms with Crippen LogP contribution in [0.2, 0.25) is 0 Å². The Bertz CT molecular complexity index is 292. The van der Waals surface area contributed by atoms with Gasteiger partial charge in [-0.15, -0.1) is 0 Å². The van der Waals surface area contributed by atoms with E-state index < -0.39 is 5.60 Å². The highest BCUT2D eigenvalue weighted by atomic mass is 16.3. The van der Waals surface area contributed by atoms with Gasteiger partial charge in [0.25, 0.3) is 0 Å². The number of aromatic nitrogens is 2. The van der Waals surface area contributed by atoms with Crippen molar-refractivity contribution in [3.05, 3.63) is 17.7 Å². The second-order valence-electron chi connectivity index (χ2n) is 4.01. The molecule has 0 aliphatic rings. The average molecular weight is 211 g/mol. The van der Waals surface area contributed by atoms with E-state index in [1.165, 1.54) is 0 Å². The third-order valence-corrected chi connectivity index (χ3v) is 3.00. The van der Waals surface area contributed by atoms with Crippen molar-refractivity contribution in [2.24, 2.45) is 0 Å². The zero-order valence-corrected chi connectivity index (χ0v) is 9.80. The zero-order valence-electron chi connectivity index (χ0n) is 9.80. The molecule has 1 aromatic heterocycles. The normalized spacial score (nSPS) is 12.0. The van der Waals surface area contributed by atoms with Crippen LogP contribution < -0.4 is 5.32 Å². The molecular weight excluding hydrogens is 190 g/mol. The van der Waals surface area contributed by atoms with Crippen LogP contribution in [0.15, 0.2) is 6.33 Å². The van der Waals surface area contributed by atoms with Crippen LogP contribution in [0.25, 0.3) is 0 Å². The highest BCUT2D eigenvalue weighted by Crippen LogP contribution is 2.13. The minimum atomic E-state index is -0.579. The molecule has 0 amide bonds.